The molecular formula is C18H29NO5S. The fourth-order valence-corrected chi connectivity index (χ4v) is 2.84. The predicted molar refractivity (Wildman–Crippen MR) is 98.2 cm³/mol. The highest BCUT2D eigenvalue weighted by atomic mass is 32.2. The van der Waals surface area contributed by atoms with Crippen molar-refractivity contribution in [2.45, 2.75) is 57.8 Å². The normalized spacial score (nSPS) is 13.8. The standard InChI is InChI=1S/C18H29NO5S/c1-13(2)25(22,23)19-11-15(14-6-8-16(20)9-7-14)10-17(21)12-24-18(3,4)5/h6-9,13,15,19-20H,10-12H2,1-5H3. The van der Waals surface area contributed by atoms with E-state index in [1.54, 1.807) is 26.0 Å². The first-order valence-electron chi connectivity index (χ1n) is 8.34. The second-order valence-corrected chi connectivity index (χ2v) is 9.70. The minimum atomic E-state index is -3.42. The number of hydrogen-bond donors (Lipinski definition) is 2. The van der Waals surface area contributed by atoms with E-state index in [4.69, 9.17) is 4.74 Å². The molecule has 1 aromatic carbocycles. The third kappa shape index (κ3) is 7.98. The summed E-state index contributed by atoms with van der Waals surface area (Å²) in [6.07, 6.45) is 0.154. The summed E-state index contributed by atoms with van der Waals surface area (Å²) >= 11 is 0. The number of phenolic OH excluding ortho intramolecular Hbond substituents is 1. The van der Waals surface area contributed by atoms with Crippen molar-refractivity contribution in [3.05, 3.63) is 29.8 Å². The van der Waals surface area contributed by atoms with E-state index in [-0.39, 0.29) is 37.0 Å². The molecule has 0 radical (unpaired) electrons. The van der Waals surface area contributed by atoms with Crippen molar-refractivity contribution in [3.8, 4) is 5.75 Å². The van der Waals surface area contributed by atoms with Gasteiger partial charge in [-0.15, -0.1) is 0 Å². The number of rotatable bonds is 9. The molecule has 1 atom stereocenters. The number of carbonyl (C=O) groups is 1. The molecular weight excluding hydrogens is 342 g/mol. The maximum atomic E-state index is 12.2. The topological polar surface area (TPSA) is 92.7 Å². The summed E-state index contributed by atoms with van der Waals surface area (Å²) in [5, 5.41) is 8.88. The molecule has 25 heavy (non-hydrogen) atoms. The lowest BCUT2D eigenvalue weighted by Gasteiger charge is -2.21. The van der Waals surface area contributed by atoms with Gasteiger partial charge in [0.25, 0.3) is 0 Å². The van der Waals surface area contributed by atoms with Gasteiger partial charge in [0.2, 0.25) is 10.0 Å². The van der Waals surface area contributed by atoms with Gasteiger partial charge in [-0.3, -0.25) is 4.79 Å². The number of ether oxygens (including phenoxy) is 1. The van der Waals surface area contributed by atoms with Crippen LogP contribution in [0.1, 0.15) is 52.5 Å². The zero-order valence-electron chi connectivity index (χ0n) is 15.6. The van der Waals surface area contributed by atoms with E-state index in [1.807, 2.05) is 20.8 Å². The molecule has 2 N–H and O–H groups in total. The molecule has 6 nitrogen and oxygen atoms in total. The molecule has 7 heteroatoms. The fourth-order valence-electron chi connectivity index (χ4n) is 2.07. The van der Waals surface area contributed by atoms with Crippen molar-refractivity contribution in [1.82, 2.24) is 4.72 Å². The number of Topliss-reactive ketones (excluding diaryl/α,β-unsaturated/α-hetero) is 1. The first-order valence-corrected chi connectivity index (χ1v) is 9.88. The van der Waals surface area contributed by atoms with Crippen LogP contribution in [0, 0.1) is 0 Å². The molecule has 0 aliphatic carbocycles. The smallest absolute Gasteiger partial charge is 0.213 e. The molecule has 0 aliphatic rings. The van der Waals surface area contributed by atoms with Crippen molar-refractivity contribution in [2.24, 2.45) is 0 Å². The van der Waals surface area contributed by atoms with Gasteiger partial charge in [0.05, 0.1) is 10.9 Å². The summed E-state index contributed by atoms with van der Waals surface area (Å²) < 4.78 is 32.1. The van der Waals surface area contributed by atoms with Gasteiger partial charge in [0.1, 0.15) is 12.4 Å². The van der Waals surface area contributed by atoms with Gasteiger partial charge in [-0.05, 0) is 52.3 Å². The Labute approximate surface area is 150 Å². The second kappa shape index (κ2) is 8.78. The summed E-state index contributed by atoms with van der Waals surface area (Å²) in [4.78, 5) is 12.2. The number of nitrogens with one attached hydrogen (secondary N) is 1. The molecule has 1 rings (SSSR count). The number of phenols is 1. The maximum Gasteiger partial charge on any atom is 0.213 e. The van der Waals surface area contributed by atoms with Crippen LogP contribution < -0.4 is 4.72 Å². The molecule has 0 bridgehead atoms. The summed E-state index contributed by atoms with van der Waals surface area (Å²) in [5.41, 5.74) is 0.372. The van der Waals surface area contributed by atoms with Gasteiger partial charge in [-0.25, -0.2) is 13.1 Å². The van der Waals surface area contributed by atoms with Crippen molar-refractivity contribution >= 4 is 15.8 Å². The van der Waals surface area contributed by atoms with Crippen LogP contribution in [0.3, 0.4) is 0 Å². The van der Waals surface area contributed by atoms with Crippen LogP contribution >= 0.6 is 0 Å². The van der Waals surface area contributed by atoms with Crippen molar-refractivity contribution in [1.29, 1.82) is 0 Å². The Balaban J connectivity index is 2.85. The van der Waals surface area contributed by atoms with Crippen molar-refractivity contribution < 1.29 is 23.1 Å². The minimum absolute atomic E-state index is 0.0188. The zero-order chi connectivity index (χ0) is 19.3. The number of sulfonamides is 1. The Kier molecular flexibility index (Phi) is 7.59. The van der Waals surface area contributed by atoms with Crippen molar-refractivity contribution in [3.63, 3.8) is 0 Å². The molecule has 0 fully saturated rings. The van der Waals surface area contributed by atoms with Crippen LogP contribution in [0.5, 0.6) is 5.75 Å². The number of aromatic hydroxyl groups is 1. The molecule has 0 aromatic heterocycles. The van der Waals surface area contributed by atoms with Crippen LogP contribution in [0.4, 0.5) is 0 Å². The highest BCUT2D eigenvalue weighted by Gasteiger charge is 2.22. The SMILES string of the molecule is CC(C)S(=O)(=O)NCC(CC(=O)COC(C)(C)C)c1ccc(O)cc1. The molecule has 0 saturated carbocycles. The summed E-state index contributed by atoms with van der Waals surface area (Å²) in [5.74, 6) is -0.311. The monoisotopic (exact) mass is 371 g/mol. The molecule has 0 saturated heterocycles. The third-order valence-electron chi connectivity index (χ3n) is 3.66. The van der Waals surface area contributed by atoms with Crippen LogP contribution in [0.15, 0.2) is 24.3 Å². The Hall–Kier alpha value is -1.44. The average molecular weight is 371 g/mol. The Morgan fingerprint density at radius 1 is 1.20 bits per heavy atom. The van der Waals surface area contributed by atoms with Gasteiger partial charge < -0.3 is 9.84 Å². The third-order valence-corrected chi connectivity index (χ3v) is 5.47. The van der Waals surface area contributed by atoms with Gasteiger partial charge in [-0.2, -0.15) is 0 Å². The lowest BCUT2D eigenvalue weighted by Crippen LogP contribution is -2.35. The van der Waals surface area contributed by atoms with E-state index >= 15 is 0 Å². The van der Waals surface area contributed by atoms with Crippen LogP contribution in [0.25, 0.3) is 0 Å². The first kappa shape index (κ1) is 21.6. The second-order valence-electron chi connectivity index (χ2n) is 7.37. The van der Waals surface area contributed by atoms with E-state index in [2.05, 4.69) is 4.72 Å². The van der Waals surface area contributed by atoms with Crippen LogP contribution in [-0.2, 0) is 19.6 Å². The van der Waals surface area contributed by atoms with Gasteiger partial charge in [0, 0.05) is 18.9 Å². The molecule has 0 amide bonds. The molecule has 0 heterocycles. The molecule has 0 spiro atoms. The maximum absolute atomic E-state index is 12.2. The Bertz CT molecular complexity index is 660. The largest absolute Gasteiger partial charge is 0.508 e. The number of benzene rings is 1. The zero-order valence-corrected chi connectivity index (χ0v) is 16.4. The van der Waals surface area contributed by atoms with Crippen LogP contribution in [-0.4, -0.2) is 43.3 Å². The Morgan fingerprint density at radius 2 is 1.76 bits per heavy atom. The highest BCUT2D eigenvalue weighted by Crippen LogP contribution is 2.23. The van der Waals surface area contributed by atoms with Gasteiger partial charge in [-0.1, -0.05) is 12.1 Å². The molecule has 1 aromatic rings. The number of hydrogen-bond acceptors (Lipinski definition) is 5. The van der Waals surface area contributed by atoms with Gasteiger partial charge >= 0.3 is 0 Å². The summed E-state index contributed by atoms with van der Waals surface area (Å²) in [7, 11) is -3.42. The van der Waals surface area contributed by atoms with Gasteiger partial charge in [0.15, 0.2) is 5.78 Å². The average Bonchev–Trinajstić information content (AvgIpc) is 2.49. The van der Waals surface area contributed by atoms with E-state index in [0.717, 1.165) is 5.56 Å². The Morgan fingerprint density at radius 3 is 2.24 bits per heavy atom. The minimum Gasteiger partial charge on any atom is -0.508 e. The van der Waals surface area contributed by atoms with E-state index < -0.39 is 20.9 Å². The summed E-state index contributed by atoms with van der Waals surface area (Å²) in [6.45, 7) is 8.90. The lowest BCUT2D eigenvalue weighted by molar-refractivity contribution is -0.128. The first-order chi connectivity index (χ1) is 11.4. The van der Waals surface area contributed by atoms with Crippen molar-refractivity contribution in [2.75, 3.05) is 13.2 Å². The van der Waals surface area contributed by atoms with E-state index in [9.17, 15) is 18.3 Å². The quantitative estimate of drug-likeness (QED) is 0.696. The van der Waals surface area contributed by atoms with E-state index in [1.165, 1.54) is 12.1 Å². The molecule has 142 valence electrons. The molecule has 1 unspecified atom stereocenters. The van der Waals surface area contributed by atoms with Crippen LogP contribution in [0.2, 0.25) is 0 Å². The summed E-state index contributed by atoms with van der Waals surface area (Å²) in [6, 6.07) is 6.44. The van der Waals surface area contributed by atoms with E-state index in [0.29, 0.717) is 0 Å². The number of ketones is 1. The lowest BCUT2D eigenvalue weighted by atomic mass is 9.94. The predicted octanol–water partition coefficient (Wildman–Crippen LogP) is 2.58. The molecule has 0 aliphatic heterocycles. The highest BCUT2D eigenvalue weighted by molar-refractivity contribution is 7.90. The fraction of sp³-hybridized carbons (Fsp3) is 0.611. The number of carbonyl (C=O) groups excluding carboxylic acids is 1.